The minimum atomic E-state index is -0.938. The molecule has 0 bridgehead atoms. The third kappa shape index (κ3) is 2.10. The number of benzene rings is 1. The van der Waals surface area contributed by atoms with Gasteiger partial charge in [0.15, 0.2) is 0 Å². The molecule has 1 aromatic carbocycles. The number of halogens is 1. The Kier molecular flexibility index (Phi) is 3.00. The van der Waals surface area contributed by atoms with Crippen molar-refractivity contribution in [3.8, 4) is 17.4 Å². The molecule has 1 aromatic heterocycles. The molecule has 16 heavy (non-hydrogen) atoms. The highest BCUT2D eigenvalue weighted by molar-refractivity contribution is 5.36. The lowest BCUT2D eigenvalue weighted by atomic mass is 10.3. The standard InChI is InChI=1S/C10H10FN3O2/c1-15-9-4-2-8(3-5-9)14-7-12-10(13-14)16-6-11/h2-5,7H,6H2,1H3. The van der Waals surface area contributed by atoms with E-state index in [0.717, 1.165) is 11.4 Å². The summed E-state index contributed by atoms with van der Waals surface area (Å²) in [4.78, 5) is 3.78. The van der Waals surface area contributed by atoms with Gasteiger partial charge < -0.3 is 9.47 Å². The Morgan fingerprint density at radius 1 is 1.31 bits per heavy atom. The van der Waals surface area contributed by atoms with Gasteiger partial charge in [-0.2, -0.15) is 4.98 Å². The largest absolute Gasteiger partial charge is 0.497 e. The molecule has 0 unspecified atom stereocenters. The van der Waals surface area contributed by atoms with Crippen LogP contribution in [0.25, 0.3) is 5.69 Å². The first kappa shape index (κ1) is 10.4. The molecular formula is C10H10FN3O2. The highest BCUT2D eigenvalue weighted by atomic mass is 19.1. The second-order valence-electron chi connectivity index (χ2n) is 2.92. The lowest BCUT2D eigenvalue weighted by Gasteiger charge is -2.02. The highest BCUT2D eigenvalue weighted by Crippen LogP contribution is 2.14. The van der Waals surface area contributed by atoms with Gasteiger partial charge in [0.05, 0.1) is 12.8 Å². The van der Waals surface area contributed by atoms with Gasteiger partial charge in [-0.1, -0.05) is 0 Å². The van der Waals surface area contributed by atoms with E-state index in [-0.39, 0.29) is 6.01 Å². The summed E-state index contributed by atoms with van der Waals surface area (Å²) in [6.45, 7) is -0.938. The van der Waals surface area contributed by atoms with Gasteiger partial charge in [0.1, 0.15) is 12.1 Å². The van der Waals surface area contributed by atoms with E-state index in [1.165, 1.54) is 11.0 Å². The average Bonchev–Trinajstić information content (AvgIpc) is 2.78. The van der Waals surface area contributed by atoms with E-state index < -0.39 is 6.86 Å². The van der Waals surface area contributed by atoms with Crippen LogP contribution in [-0.2, 0) is 0 Å². The smallest absolute Gasteiger partial charge is 0.338 e. The molecule has 1 heterocycles. The number of alkyl halides is 1. The molecule has 0 radical (unpaired) electrons. The van der Waals surface area contributed by atoms with Crippen molar-refractivity contribution in [1.29, 1.82) is 0 Å². The van der Waals surface area contributed by atoms with Gasteiger partial charge in [-0.15, -0.1) is 5.10 Å². The lowest BCUT2D eigenvalue weighted by molar-refractivity contribution is 0.177. The number of hydrogen-bond donors (Lipinski definition) is 0. The number of ether oxygens (including phenoxy) is 2. The monoisotopic (exact) mass is 223 g/mol. The average molecular weight is 223 g/mol. The Balaban J connectivity index is 2.21. The summed E-state index contributed by atoms with van der Waals surface area (Å²) in [5.74, 6) is 0.754. The minimum Gasteiger partial charge on any atom is -0.497 e. The molecule has 0 aliphatic heterocycles. The minimum absolute atomic E-state index is 0.0123. The molecule has 84 valence electrons. The van der Waals surface area contributed by atoms with E-state index in [9.17, 15) is 4.39 Å². The second kappa shape index (κ2) is 4.61. The SMILES string of the molecule is COc1ccc(-n2cnc(OCF)n2)cc1. The van der Waals surface area contributed by atoms with Crippen molar-refractivity contribution in [3.05, 3.63) is 30.6 Å². The van der Waals surface area contributed by atoms with Gasteiger partial charge in [0, 0.05) is 0 Å². The quantitative estimate of drug-likeness (QED) is 0.789. The van der Waals surface area contributed by atoms with Gasteiger partial charge in [-0.3, -0.25) is 0 Å². The van der Waals surface area contributed by atoms with Crippen LogP contribution in [0.2, 0.25) is 0 Å². The predicted molar refractivity (Wildman–Crippen MR) is 54.5 cm³/mol. The van der Waals surface area contributed by atoms with E-state index in [1.807, 2.05) is 12.1 Å². The first-order chi connectivity index (χ1) is 7.83. The Hall–Kier alpha value is -2.11. The Morgan fingerprint density at radius 3 is 2.69 bits per heavy atom. The topological polar surface area (TPSA) is 49.2 Å². The maximum atomic E-state index is 11.9. The molecule has 0 aliphatic rings. The summed E-state index contributed by atoms with van der Waals surface area (Å²) in [6.07, 6.45) is 1.45. The third-order valence-electron chi connectivity index (χ3n) is 1.99. The fourth-order valence-corrected chi connectivity index (χ4v) is 1.22. The van der Waals surface area contributed by atoms with Crippen molar-refractivity contribution in [1.82, 2.24) is 14.8 Å². The van der Waals surface area contributed by atoms with E-state index in [2.05, 4.69) is 14.8 Å². The van der Waals surface area contributed by atoms with E-state index in [4.69, 9.17) is 4.74 Å². The van der Waals surface area contributed by atoms with Crippen LogP contribution in [0.5, 0.6) is 11.8 Å². The summed E-state index contributed by atoms with van der Waals surface area (Å²) in [7, 11) is 1.59. The highest BCUT2D eigenvalue weighted by Gasteiger charge is 2.03. The molecule has 0 aliphatic carbocycles. The molecule has 0 saturated heterocycles. The molecule has 0 amide bonds. The van der Waals surface area contributed by atoms with Gasteiger partial charge in [0.2, 0.25) is 6.86 Å². The van der Waals surface area contributed by atoms with Crippen LogP contribution in [-0.4, -0.2) is 28.7 Å². The Bertz CT molecular complexity index is 455. The van der Waals surface area contributed by atoms with Crippen molar-refractivity contribution in [2.45, 2.75) is 0 Å². The molecule has 0 N–H and O–H groups in total. The maximum absolute atomic E-state index is 11.9. The van der Waals surface area contributed by atoms with Crippen molar-refractivity contribution in [3.63, 3.8) is 0 Å². The van der Waals surface area contributed by atoms with E-state index in [0.29, 0.717) is 0 Å². The fourth-order valence-electron chi connectivity index (χ4n) is 1.22. The van der Waals surface area contributed by atoms with Crippen molar-refractivity contribution < 1.29 is 13.9 Å². The van der Waals surface area contributed by atoms with Crippen LogP contribution in [0.1, 0.15) is 0 Å². The maximum Gasteiger partial charge on any atom is 0.338 e. The Labute approximate surface area is 91.4 Å². The summed E-state index contributed by atoms with van der Waals surface area (Å²) in [5, 5.41) is 3.93. The summed E-state index contributed by atoms with van der Waals surface area (Å²) >= 11 is 0. The zero-order valence-corrected chi connectivity index (χ0v) is 8.63. The number of rotatable bonds is 4. The summed E-state index contributed by atoms with van der Waals surface area (Å²) < 4.78 is 22.9. The van der Waals surface area contributed by atoms with Crippen LogP contribution >= 0.6 is 0 Å². The van der Waals surface area contributed by atoms with Crippen LogP contribution < -0.4 is 9.47 Å². The van der Waals surface area contributed by atoms with E-state index in [1.54, 1.807) is 19.2 Å². The Morgan fingerprint density at radius 2 is 2.06 bits per heavy atom. The second-order valence-corrected chi connectivity index (χ2v) is 2.92. The lowest BCUT2D eigenvalue weighted by Crippen LogP contribution is -1.96. The molecule has 0 fully saturated rings. The molecular weight excluding hydrogens is 213 g/mol. The van der Waals surface area contributed by atoms with Crippen molar-refractivity contribution >= 4 is 0 Å². The van der Waals surface area contributed by atoms with Crippen LogP contribution in [0.15, 0.2) is 30.6 Å². The fraction of sp³-hybridized carbons (Fsp3) is 0.200. The molecule has 0 spiro atoms. The molecule has 0 atom stereocenters. The number of aromatic nitrogens is 3. The molecule has 0 saturated carbocycles. The molecule has 6 heteroatoms. The molecule has 2 aromatic rings. The van der Waals surface area contributed by atoms with Crippen LogP contribution in [0, 0.1) is 0 Å². The van der Waals surface area contributed by atoms with Crippen molar-refractivity contribution in [2.75, 3.05) is 14.0 Å². The summed E-state index contributed by atoms with van der Waals surface area (Å²) in [6, 6.07) is 7.23. The third-order valence-corrected chi connectivity index (χ3v) is 1.99. The van der Waals surface area contributed by atoms with Gasteiger partial charge in [-0.05, 0) is 24.3 Å². The van der Waals surface area contributed by atoms with Crippen LogP contribution in [0.3, 0.4) is 0 Å². The first-order valence-corrected chi connectivity index (χ1v) is 4.58. The number of methoxy groups -OCH3 is 1. The van der Waals surface area contributed by atoms with Gasteiger partial charge in [0.25, 0.3) is 0 Å². The zero-order chi connectivity index (χ0) is 11.4. The summed E-state index contributed by atoms with van der Waals surface area (Å²) in [5.41, 5.74) is 0.794. The number of hydrogen-bond acceptors (Lipinski definition) is 4. The normalized spacial score (nSPS) is 10.1. The predicted octanol–water partition coefficient (Wildman–Crippen LogP) is 1.58. The molecule has 5 nitrogen and oxygen atoms in total. The number of nitrogens with zero attached hydrogens (tertiary/aromatic N) is 3. The van der Waals surface area contributed by atoms with E-state index >= 15 is 0 Å². The first-order valence-electron chi connectivity index (χ1n) is 4.58. The van der Waals surface area contributed by atoms with Crippen LogP contribution in [0.4, 0.5) is 4.39 Å². The van der Waals surface area contributed by atoms with Gasteiger partial charge >= 0.3 is 6.01 Å². The van der Waals surface area contributed by atoms with Gasteiger partial charge in [-0.25, -0.2) is 9.07 Å². The van der Waals surface area contributed by atoms with Crippen molar-refractivity contribution in [2.24, 2.45) is 0 Å². The zero-order valence-electron chi connectivity index (χ0n) is 8.63. The molecule has 2 rings (SSSR count).